The first-order valence-electron chi connectivity index (χ1n) is 12.3. The molecule has 0 aliphatic rings. The highest BCUT2D eigenvalue weighted by Crippen LogP contribution is 2.35. The first-order valence-corrected chi connectivity index (χ1v) is 13.9. The third-order valence-corrected chi connectivity index (χ3v) is 8.40. The zero-order valence-electron chi connectivity index (χ0n) is 21.5. The molecular formula is C28H41NO4S. The Bertz CT molecular complexity index is 1020. The number of ether oxygens (including phenoxy) is 1. The van der Waals surface area contributed by atoms with E-state index in [1.54, 1.807) is 13.2 Å². The van der Waals surface area contributed by atoms with Crippen molar-refractivity contribution in [2.45, 2.75) is 70.3 Å². The van der Waals surface area contributed by atoms with Crippen LogP contribution < -0.4 is 4.90 Å². The Balaban J connectivity index is 2.50. The molecule has 0 bridgehead atoms. The number of unbranched alkanes of at least 4 members (excludes halogenated alkanes) is 2. The molecule has 2 aromatic rings. The molecule has 0 saturated carbocycles. The van der Waals surface area contributed by atoms with Gasteiger partial charge in [-0.3, -0.25) is 0 Å². The molecule has 0 N–H and O–H groups in total. The Morgan fingerprint density at radius 1 is 0.971 bits per heavy atom. The number of nitrogens with zero attached hydrogens (tertiary/aromatic N) is 1. The fourth-order valence-electron chi connectivity index (χ4n) is 4.44. The summed E-state index contributed by atoms with van der Waals surface area (Å²) in [6.45, 7) is 4.65. The standard InChI is InChI=1S/C28H41NO4S/c1-6-8-15-28(21-30,16-9-7-2)22-34(31,32)27-14-13-26(29(3)4)19-25(27)18-23-11-10-12-24(17-23)20-33-5/h10-14,17,19,21H,6-9,15-16,18,20,22H2,1-5H3. The number of hydrogen-bond acceptors (Lipinski definition) is 5. The predicted molar refractivity (Wildman–Crippen MR) is 140 cm³/mol. The van der Waals surface area contributed by atoms with Crippen molar-refractivity contribution in [1.29, 1.82) is 0 Å². The van der Waals surface area contributed by atoms with Crippen molar-refractivity contribution in [1.82, 2.24) is 0 Å². The monoisotopic (exact) mass is 487 g/mol. The maximum Gasteiger partial charge on any atom is 0.179 e. The van der Waals surface area contributed by atoms with Gasteiger partial charge in [0, 0.05) is 32.3 Å². The molecule has 0 radical (unpaired) electrons. The molecule has 0 aliphatic carbocycles. The second-order valence-electron chi connectivity index (χ2n) is 9.56. The van der Waals surface area contributed by atoms with Gasteiger partial charge in [0.05, 0.1) is 17.3 Å². The van der Waals surface area contributed by atoms with E-state index in [0.29, 0.717) is 30.8 Å². The molecule has 2 rings (SSSR count). The number of sulfone groups is 1. The molecule has 5 nitrogen and oxygen atoms in total. The summed E-state index contributed by atoms with van der Waals surface area (Å²) in [4.78, 5) is 14.6. The van der Waals surface area contributed by atoms with Crippen molar-refractivity contribution >= 4 is 21.8 Å². The lowest BCUT2D eigenvalue weighted by atomic mass is 9.81. The maximum atomic E-state index is 13.8. The molecule has 0 heterocycles. The van der Waals surface area contributed by atoms with E-state index in [4.69, 9.17) is 4.74 Å². The minimum absolute atomic E-state index is 0.137. The molecule has 2 aromatic carbocycles. The Hall–Kier alpha value is -2.18. The van der Waals surface area contributed by atoms with Crippen molar-refractivity contribution < 1.29 is 17.9 Å². The molecule has 6 heteroatoms. The highest BCUT2D eigenvalue weighted by molar-refractivity contribution is 7.91. The van der Waals surface area contributed by atoms with Gasteiger partial charge in [0.15, 0.2) is 9.84 Å². The van der Waals surface area contributed by atoms with E-state index < -0.39 is 15.3 Å². The van der Waals surface area contributed by atoms with Crippen LogP contribution in [0, 0.1) is 5.41 Å². The van der Waals surface area contributed by atoms with Gasteiger partial charge in [-0.05, 0) is 54.2 Å². The second-order valence-corrected chi connectivity index (χ2v) is 11.5. The van der Waals surface area contributed by atoms with Gasteiger partial charge in [-0.25, -0.2) is 8.42 Å². The van der Waals surface area contributed by atoms with Crippen LogP contribution in [0.15, 0.2) is 47.4 Å². The summed E-state index contributed by atoms with van der Waals surface area (Å²) < 4.78 is 32.9. The van der Waals surface area contributed by atoms with Crippen molar-refractivity contribution in [3.05, 3.63) is 59.2 Å². The first-order chi connectivity index (χ1) is 16.2. The van der Waals surface area contributed by atoms with E-state index in [9.17, 15) is 13.2 Å². The number of carbonyl (C=O) groups excluding carboxylic acids is 1. The molecule has 0 unspecified atom stereocenters. The summed E-state index contributed by atoms with van der Waals surface area (Å²) in [7, 11) is 1.87. The van der Waals surface area contributed by atoms with Crippen molar-refractivity contribution in [3.8, 4) is 0 Å². The van der Waals surface area contributed by atoms with Crippen LogP contribution in [-0.4, -0.2) is 41.7 Å². The van der Waals surface area contributed by atoms with Crippen molar-refractivity contribution in [3.63, 3.8) is 0 Å². The van der Waals surface area contributed by atoms with Gasteiger partial charge >= 0.3 is 0 Å². The smallest absolute Gasteiger partial charge is 0.179 e. The van der Waals surface area contributed by atoms with Crippen molar-refractivity contribution in [2.75, 3.05) is 31.9 Å². The van der Waals surface area contributed by atoms with Crippen LogP contribution >= 0.6 is 0 Å². The number of anilines is 1. The molecule has 0 spiro atoms. The molecule has 0 fully saturated rings. The summed E-state index contributed by atoms with van der Waals surface area (Å²) in [5.41, 5.74) is 2.95. The third kappa shape index (κ3) is 7.67. The molecule has 34 heavy (non-hydrogen) atoms. The minimum atomic E-state index is -3.68. The first kappa shape index (κ1) is 28.1. The molecule has 0 amide bonds. The van der Waals surface area contributed by atoms with Crippen LogP contribution in [0.25, 0.3) is 0 Å². The van der Waals surface area contributed by atoms with E-state index >= 15 is 0 Å². The van der Waals surface area contributed by atoms with Gasteiger partial charge in [-0.15, -0.1) is 0 Å². The Kier molecular flexibility index (Phi) is 10.8. The van der Waals surface area contributed by atoms with E-state index in [1.807, 2.05) is 49.3 Å². The summed E-state index contributed by atoms with van der Waals surface area (Å²) in [5.74, 6) is -0.137. The summed E-state index contributed by atoms with van der Waals surface area (Å²) in [6.07, 6.45) is 6.18. The fourth-order valence-corrected chi connectivity index (χ4v) is 6.51. The average molecular weight is 488 g/mol. The number of aldehydes is 1. The highest BCUT2D eigenvalue weighted by Gasteiger charge is 2.36. The summed E-state index contributed by atoms with van der Waals surface area (Å²) in [5, 5.41) is 0. The zero-order chi connectivity index (χ0) is 25.2. The molecule has 0 atom stereocenters. The van der Waals surface area contributed by atoms with E-state index in [-0.39, 0.29) is 5.75 Å². The fraction of sp³-hybridized carbons (Fsp3) is 0.536. The zero-order valence-corrected chi connectivity index (χ0v) is 22.3. The van der Waals surface area contributed by atoms with Crippen LogP contribution in [0.1, 0.15) is 69.1 Å². The largest absolute Gasteiger partial charge is 0.380 e. The lowest BCUT2D eigenvalue weighted by Crippen LogP contribution is -2.32. The average Bonchev–Trinajstić information content (AvgIpc) is 2.81. The van der Waals surface area contributed by atoms with Gasteiger partial charge in [-0.2, -0.15) is 0 Å². The van der Waals surface area contributed by atoms with Gasteiger partial charge in [0.25, 0.3) is 0 Å². The number of rotatable bonds is 15. The van der Waals surface area contributed by atoms with Gasteiger partial charge < -0.3 is 14.4 Å². The number of methoxy groups -OCH3 is 1. The maximum absolute atomic E-state index is 13.8. The summed E-state index contributed by atoms with van der Waals surface area (Å²) in [6, 6.07) is 13.6. The lowest BCUT2D eigenvalue weighted by Gasteiger charge is -2.28. The van der Waals surface area contributed by atoms with E-state index in [1.165, 1.54) is 0 Å². The van der Waals surface area contributed by atoms with Gasteiger partial charge in [-0.1, -0.05) is 63.8 Å². The summed E-state index contributed by atoms with van der Waals surface area (Å²) >= 11 is 0. The Morgan fingerprint density at radius 2 is 1.62 bits per heavy atom. The molecule has 0 saturated heterocycles. The van der Waals surface area contributed by atoms with Gasteiger partial charge in [0.1, 0.15) is 6.29 Å². The van der Waals surface area contributed by atoms with Crippen LogP contribution in [0.2, 0.25) is 0 Å². The lowest BCUT2D eigenvalue weighted by molar-refractivity contribution is -0.116. The highest BCUT2D eigenvalue weighted by atomic mass is 32.2. The number of carbonyl (C=O) groups is 1. The molecule has 188 valence electrons. The minimum Gasteiger partial charge on any atom is -0.380 e. The SMILES string of the molecule is CCCCC(C=O)(CCCC)CS(=O)(=O)c1ccc(N(C)C)cc1Cc1cccc(COC)c1. The third-order valence-electron chi connectivity index (χ3n) is 6.38. The molecule has 0 aromatic heterocycles. The Labute approximate surface area is 206 Å². The van der Waals surface area contributed by atoms with E-state index in [2.05, 4.69) is 19.9 Å². The molecule has 0 aliphatic heterocycles. The predicted octanol–water partition coefficient (Wildman–Crippen LogP) is 5.83. The van der Waals surface area contributed by atoms with Crippen LogP contribution in [0.4, 0.5) is 5.69 Å². The molecular weight excluding hydrogens is 446 g/mol. The van der Waals surface area contributed by atoms with Crippen LogP contribution in [0.3, 0.4) is 0 Å². The number of benzene rings is 2. The quantitative estimate of drug-likeness (QED) is 0.296. The van der Waals surface area contributed by atoms with Gasteiger partial charge in [0.2, 0.25) is 0 Å². The second kappa shape index (κ2) is 13.1. The Morgan fingerprint density at radius 3 is 2.18 bits per heavy atom. The van der Waals surface area contributed by atoms with Crippen LogP contribution in [-0.2, 0) is 32.4 Å². The number of hydrogen-bond donors (Lipinski definition) is 0. The normalized spacial score (nSPS) is 12.0. The van der Waals surface area contributed by atoms with Crippen molar-refractivity contribution in [2.24, 2.45) is 5.41 Å². The van der Waals surface area contributed by atoms with E-state index in [0.717, 1.165) is 54.3 Å². The van der Waals surface area contributed by atoms with Crippen LogP contribution in [0.5, 0.6) is 0 Å². The topological polar surface area (TPSA) is 63.7 Å².